The maximum atomic E-state index is 13.1. The number of allylic oxidation sites excluding steroid dienone is 1. The maximum Gasteiger partial charge on any atom is 0.237 e. The molecule has 4 nitrogen and oxygen atoms in total. The highest BCUT2D eigenvalue weighted by Gasteiger charge is 2.53. The van der Waals surface area contributed by atoms with Gasteiger partial charge in [-0.25, -0.2) is 4.39 Å². The zero-order valence-electron chi connectivity index (χ0n) is 16.0. The first-order valence-electron chi connectivity index (χ1n) is 9.72. The topological polar surface area (TPSA) is 43.8 Å². The van der Waals surface area contributed by atoms with E-state index in [1.54, 1.807) is 12.1 Å². The molecule has 0 bridgehead atoms. The molecule has 2 heterocycles. The van der Waals surface area contributed by atoms with Crippen LogP contribution in [0.15, 0.2) is 54.6 Å². The SMILES string of the molecule is CC=Cc1ccc([C@@H]2[C@H](CO)N3C(=O)CN(Cc4ccc(F)cc4)C[C@@H]23)cc1. The molecule has 2 fully saturated rings. The Morgan fingerprint density at radius 3 is 2.50 bits per heavy atom. The average Bonchev–Trinajstić information content (AvgIpc) is 2.67. The second kappa shape index (κ2) is 7.86. The Bertz CT molecular complexity index is 863. The minimum absolute atomic E-state index is 0.0263. The average molecular weight is 380 g/mol. The molecule has 0 spiro atoms. The summed E-state index contributed by atoms with van der Waals surface area (Å²) in [5.41, 5.74) is 3.29. The van der Waals surface area contributed by atoms with E-state index in [9.17, 15) is 14.3 Å². The quantitative estimate of drug-likeness (QED) is 0.867. The summed E-state index contributed by atoms with van der Waals surface area (Å²) in [6.07, 6.45) is 4.05. The van der Waals surface area contributed by atoms with Gasteiger partial charge in [0.25, 0.3) is 0 Å². The minimum atomic E-state index is -0.254. The summed E-state index contributed by atoms with van der Waals surface area (Å²) in [6, 6.07) is 14.7. The van der Waals surface area contributed by atoms with Crippen LogP contribution in [0.1, 0.15) is 29.5 Å². The van der Waals surface area contributed by atoms with Crippen LogP contribution in [0, 0.1) is 5.82 Å². The molecule has 2 aliphatic heterocycles. The van der Waals surface area contributed by atoms with Crippen molar-refractivity contribution in [3.8, 4) is 0 Å². The summed E-state index contributed by atoms with van der Waals surface area (Å²) in [7, 11) is 0. The van der Waals surface area contributed by atoms with Crippen molar-refractivity contribution < 1.29 is 14.3 Å². The third-order valence-electron chi connectivity index (χ3n) is 5.82. The van der Waals surface area contributed by atoms with Crippen molar-refractivity contribution in [1.29, 1.82) is 0 Å². The monoisotopic (exact) mass is 380 g/mol. The second-order valence-corrected chi connectivity index (χ2v) is 7.61. The standard InChI is InChI=1S/C23H25FN2O2/c1-2-3-16-4-8-18(9-5-16)23-20-13-25(12-17-6-10-19(24)11-7-17)14-22(28)26(20)21(23)15-27/h2-11,20-21,23,27H,12-15H2,1H3/t20-,21-,23-/m0/s1. The van der Waals surface area contributed by atoms with Crippen molar-refractivity contribution >= 4 is 12.0 Å². The van der Waals surface area contributed by atoms with Gasteiger partial charge in [-0.1, -0.05) is 48.6 Å². The van der Waals surface area contributed by atoms with Gasteiger partial charge in [0.1, 0.15) is 5.82 Å². The number of hydrogen-bond acceptors (Lipinski definition) is 3. The van der Waals surface area contributed by atoms with Crippen molar-refractivity contribution in [2.24, 2.45) is 0 Å². The summed E-state index contributed by atoms with van der Waals surface area (Å²) in [4.78, 5) is 16.7. The van der Waals surface area contributed by atoms with Crippen LogP contribution >= 0.6 is 0 Å². The number of carbonyl (C=O) groups is 1. The molecule has 0 radical (unpaired) electrons. The third-order valence-corrected chi connectivity index (χ3v) is 5.82. The van der Waals surface area contributed by atoms with Gasteiger partial charge in [0.2, 0.25) is 5.91 Å². The van der Waals surface area contributed by atoms with Crippen molar-refractivity contribution in [3.05, 3.63) is 77.1 Å². The fourth-order valence-corrected chi connectivity index (χ4v) is 4.56. The third kappa shape index (κ3) is 3.48. The van der Waals surface area contributed by atoms with Crippen molar-refractivity contribution in [2.75, 3.05) is 19.7 Å². The van der Waals surface area contributed by atoms with Gasteiger partial charge in [0.05, 0.1) is 25.2 Å². The summed E-state index contributed by atoms with van der Waals surface area (Å²) in [5, 5.41) is 9.89. The van der Waals surface area contributed by atoms with Crippen LogP contribution in [0.2, 0.25) is 0 Å². The molecule has 0 saturated carbocycles. The van der Waals surface area contributed by atoms with Crippen LogP contribution in [0.25, 0.3) is 6.08 Å². The highest BCUT2D eigenvalue weighted by atomic mass is 19.1. The van der Waals surface area contributed by atoms with Crippen LogP contribution in [-0.4, -0.2) is 52.6 Å². The van der Waals surface area contributed by atoms with Crippen molar-refractivity contribution in [1.82, 2.24) is 9.80 Å². The Balaban J connectivity index is 1.52. The largest absolute Gasteiger partial charge is 0.394 e. The molecule has 2 aromatic rings. The molecule has 0 aliphatic carbocycles. The molecule has 2 aliphatic rings. The molecule has 3 atom stereocenters. The first-order chi connectivity index (χ1) is 13.6. The number of carbonyl (C=O) groups excluding carboxylic acids is 1. The van der Waals surface area contributed by atoms with E-state index < -0.39 is 0 Å². The highest BCUT2D eigenvalue weighted by Crippen LogP contribution is 2.43. The van der Waals surface area contributed by atoms with E-state index in [-0.39, 0.29) is 36.3 Å². The maximum absolute atomic E-state index is 13.1. The fourth-order valence-electron chi connectivity index (χ4n) is 4.56. The number of benzene rings is 2. The van der Waals surface area contributed by atoms with Gasteiger partial charge in [-0.15, -0.1) is 0 Å². The summed E-state index contributed by atoms with van der Waals surface area (Å²) in [6.45, 7) is 3.66. The molecular weight excluding hydrogens is 355 g/mol. The van der Waals surface area contributed by atoms with E-state index in [0.717, 1.165) is 23.2 Å². The summed E-state index contributed by atoms with van der Waals surface area (Å²) >= 11 is 0. The number of hydrogen-bond donors (Lipinski definition) is 1. The summed E-state index contributed by atoms with van der Waals surface area (Å²) < 4.78 is 13.1. The number of nitrogens with zero attached hydrogens (tertiary/aromatic N) is 2. The lowest BCUT2D eigenvalue weighted by molar-refractivity contribution is -0.162. The Hall–Kier alpha value is -2.50. The minimum Gasteiger partial charge on any atom is -0.394 e. The molecule has 5 heteroatoms. The lowest BCUT2D eigenvalue weighted by Gasteiger charge is -2.59. The van der Waals surface area contributed by atoms with Gasteiger partial charge in [-0.3, -0.25) is 9.69 Å². The molecule has 146 valence electrons. The van der Waals surface area contributed by atoms with Crippen LogP contribution in [0.5, 0.6) is 0 Å². The summed E-state index contributed by atoms with van der Waals surface area (Å²) in [5.74, 6) is -0.0697. The first kappa shape index (κ1) is 18.8. The number of amides is 1. The number of rotatable bonds is 5. The number of aliphatic hydroxyl groups excluding tert-OH is 1. The van der Waals surface area contributed by atoms with Gasteiger partial charge in [-0.05, 0) is 35.7 Å². The zero-order chi connectivity index (χ0) is 19.7. The van der Waals surface area contributed by atoms with Crippen LogP contribution in [0.3, 0.4) is 0 Å². The lowest BCUT2D eigenvalue weighted by Crippen LogP contribution is -2.72. The number of aliphatic hydroxyl groups is 1. The van der Waals surface area contributed by atoms with Crippen LogP contribution in [0.4, 0.5) is 4.39 Å². The van der Waals surface area contributed by atoms with Crippen molar-refractivity contribution in [2.45, 2.75) is 31.5 Å². The van der Waals surface area contributed by atoms with Crippen molar-refractivity contribution in [3.63, 3.8) is 0 Å². The number of fused-ring (bicyclic) bond motifs is 1. The molecule has 4 rings (SSSR count). The molecule has 0 aromatic heterocycles. The van der Waals surface area contributed by atoms with Crippen LogP contribution in [-0.2, 0) is 11.3 Å². The molecule has 1 N–H and O–H groups in total. The Kier molecular flexibility index (Phi) is 5.29. The smallest absolute Gasteiger partial charge is 0.237 e. The molecule has 1 amide bonds. The Morgan fingerprint density at radius 1 is 1.14 bits per heavy atom. The number of halogens is 1. The second-order valence-electron chi connectivity index (χ2n) is 7.61. The van der Waals surface area contributed by atoms with Gasteiger partial charge < -0.3 is 10.0 Å². The Morgan fingerprint density at radius 2 is 1.86 bits per heavy atom. The molecular formula is C23H25FN2O2. The molecule has 2 aromatic carbocycles. The fraction of sp³-hybridized carbons (Fsp3) is 0.348. The lowest BCUT2D eigenvalue weighted by atomic mass is 9.73. The van der Waals surface area contributed by atoms with Gasteiger partial charge in [0, 0.05) is 19.0 Å². The number of piperazine rings is 1. The van der Waals surface area contributed by atoms with E-state index in [0.29, 0.717) is 13.1 Å². The van der Waals surface area contributed by atoms with E-state index in [2.05, 4.69) is 35.2 Å². The zero-order valence-corrected chi connectivity index (χ0v) is 16.0. The van der Waals surface area contributed by atoms with E-state index >= 15 is 0 Å². The molecule has 0 unspecified atom stereocenters. The molecule has 28 heavy (non-hydrogen) atoms. The first-order valence-corrected chi connectivity index (χ1v) is 9.72. The van der Waals surface area contributed by atoms with Gasteiger partial charge in [-0.2, -0.15) is 0 Å². The highest BCUT2D eigenvalue weighted by molar-refractivity contribution is 5.81. The van der Waals surface area contributed by atoms with Crippen LogP contribution < -0.4 is 0 Å². The predicted octanol–water partition coefficient (Wildman–Crippen LogP) is 3.03. The van der Waals surface area contributed by atoms with E-state index in [1.165, 1.54) is 12.1 Å². The molecule has 2 saturated heterocycles. The predicted molar refractivity (Wildman–Crippen MR) is 107 cm³/mol. The van der Waals surface area contributed by atoms with E-state index in [4.69, 9.17) is 0 Å². The van der Waals surface area contributed by atoms with Gasteiger partial charge >= 0.3 is 0 Å². The van der Waals surface area contributed by atoms with E-state index in [1.807, 2.05) is 17.9 Å². The Labute approximate surface area is 164 Å². The normalized spacial score (nSPS) is 25.0. The van der Waals surface area contributed by atoms with Gasteiger partial charge in [0.15, 0.2) is 0 Å².